The van der Waals surface area contributed by atoms with E-state index < -0.39 is 0 Å². The van der Waals surface area contributed by atoms with Gasteiger partial charge in [0.25, 0.3) is 5.91 Å². The first-order valence-electron chi connectivity index (χ1n) is 6.43. The summed E-state index contributed by atoms with van der Waals surface area (Å²) in [6, 6.07) is 9.46. The summed E-state index contributed by atoms with van der Waals surface area (Å²) in [6.07, 6.45) is 1.02. The Balaban J connectivity index is 1.90. The van der Waals surface area contributed by atoms with Gasteiger partial charge in [-0.15, -0.1) is 0 Å². The maximum absolute atomic E-state index is 12.1. The molecule has 0 radical (unpaired) electrons. The lowest BCUT2D eigenvalue weighted by Gasteiger charge is -2.08. The maximum atomic E-state index is 12.1. The van der Waals surface area contributed by atoms with Gasteiger partial charge in [0.1, 0.15) is 5.69 Å². The fourth-order valence-electron chi connectivity index (χ4n) is 2.26. The Kier molecular flexibility index (Phi) is 2.49. The average molecular weight is 255 g/mol. The summed E-state index contributed by atoms with van der Waals surface area (Å²) in [5, 5.41) is 3.88. The molecule has 1 atom stereocenters. The van der Waals surface area contributed by atoms with Crippen LogP contribution in [-0.4, -0.2) is 16.9 Å². The van der Waals surface area contributed by atoms with Crippen molar-refractivity contribution >= 4 is 22.5 Å². The number of nitrogens with two attached hydrogens (primary N) is 1. The van der Waals surface area contributed by atoms with Crippen LogP contribution in [0.1, 0.15) is 30.8 Å². The summed E-state index contributed by atoms with van der Waals surface area (Å²) in [4.78, 5) is 16.5. The lowest BCUT2D eigenvalue weighted by atomic mass is 10.1. The number of para-hydroxylation sites is 1. The fraction of sp³-hybridized carbons (Fsp3) is 0.333. The van der Waals surface area contributed by atoms with Crippen LogP contribution >= 0.6 is 0 Å². The standard InChI is InChI=1S/C15H17N3O/c1-15(2)8-13(15)18-14(19)12-7-10(16)9-5-3-4-6-11(9)17-12/h3-7,13H,8H2,1-2H3,(H2,16,17)(H,18,19). The number of rotatable bonds is 2. The second-order valence-corrected chi connectivity index (χ2v) is 5.83. The van der Waals surface area contributed by atoms with Crippen LogP contribution in [-0.2, 0) is 0 Å². The van der Waals surface area contributed by atoms with Crippen LogP contribution in [0.2, 0.25) is 0 Å². The molecule has 4 nitrogen and oxygen atoms in total. The Morgan fingerprint density at radius 1 is 1.42 bits per heavy atom. The van der Waals surface area contributed by atoms with Crippen molar-refractivity contribution in [2.75, 3.05) is 5.73 Å². The zero-order valence-corrected chi connectivity index (χ0v) is 11.1. The number of benzene rings is 1. The van der Waals surface area contributed by atoms with E-state index in [1.54, 1.807) is 6.07 Å². The molecule has 1 aromatic carbocycles. The SMILES string of the molecule is CC1(C)CC1NC(=O)c1cc(N)c2ccccc2n1. The lowest BCUT2D eigenvalue weighted by Crippen LogP contribution is -2.29. The van der Waals surface area contributed by atoms with Gasteiger partial charge in [-0.05, 0) is 24.0 Å². The Morgan fingerprint density at radius 3 is 2.79 bits per heavy atom. The molecule has 2 aromatic rings. The van der Waals surface area contributed by atoms with Crippen molar-refractivity contribution in [2.24, 2.45) is 5.41 Å². The van der Waals surface area contributed by atoms with Crippen molar-refractivity contribution in [1.29, 1.82) is 0 Å². The second-order valence-electron chi connectivity index (χ2n) is 5.83. The summed E-state index contributed by atoms with van der Waals surface area (Å²) in [5.74, 6) is -0.145. The van der Waals surface area contributed by atoms with E-state index in [1.807, 2.05) is 24.3 Å². The van der Waals surface area contributed by atoms with Crippen molar-refractivity contribution < 1.29 is 4.79 Å². The fourth-order valence-corrected chi connectivity index (χ4v) is 2.26. The number of anilines is 1. The summed E-state index contributed by atoms with van der Waals surface area (Å²) in [7, 11) is 0. The minimum absolute atomic E-state index is 0.145. The van der Waals surface area contributed by atoms with Crippen molar-refractivity contribution in [3.63, 3.8) is 0 Å². The third kappa shape index (κ3) is 2.14. The molecule has 1 aliphatic carbocycles. The van der Waals surface area contributed by atoms with Gasteiger partial charge in [-0.2, -0.15) is 0 Å². The summed E-state index contributed by atoms with van der Waals surface area (Å²) in [6.45, 7) is 4.28. The first-order valence-corrected chi connectivity index (χ1v) is 6.43. The van der Waals surface area contributed by atoms with Crippen molar-refractivity contribution in [1.82, 2.24) is 10.3 Å². The maximum Gasteiger partial charge on any atom is 0.270 e. The molecule has 3 rings (SSSR count). The highest BCUT2D eigenvalue weighted by molar-refractivity contribution is 5.99. The Bertz CT molecular complexity index is 663. The number of carbonyl (C=O) groups is 1. The number of nitrogens with zero attached hydrogens (tertiary/aromatic N) is 1. The van der Waals surface area contributed by atoms with E-state index in [4.69, 9.17) is 5.73 Å². The largest absolute Gasteiger partial charge is 0.398 e. The van der Waals surface area contributed by atoms with Gasteiger partial charge < -0.3 is 11.1 Å². The highest BCUT2D eigenvalue weighted by Gasteiger charge is 2.46. The number of aromatic nitrogens is 1. The molecule has 0 saturated heterocycles. The van der Waals surface area contributed by atoms with E-state index in [9.17, 15) is 4.79 Å². The molecular weight excluding hydrogens is 238 g/mol. The van der Waals surface area contributed by atoms with Gasteiger partial charge in [-0.1, -0.05) is 32.0 Å². The third-order valence-electron chi connectivity index (χ3n) is 3.80. The first kappa shape index (κ1) is 12.0. The lowest BCUT2D eigenvalue weighted by molar-refractivity contribution is 0.0941. The Morgan fingerprint density at radius 2 is 2.11 bits per heavy atom. The first-order chi connectivity index (χ1) is 8.97. The highest BCUT2D eigenvalue weighted by atomic mass is 16.2. The topological polar surface area (TPSA) is 68.0 Å². The van der Waals surface area contributed by atoms with Crippen LogP contribution in [0.25, 0.3) is 10.9 Å². The molecule has 0 spiro atoms. The number of carbonyl (C=O) groups excluding carboxylic acids is 1. The van der Waals surface area contributed by atoms with Crippen LogP contribution in [0.15, 0.2) is 30.3 Å². The second kappa shape index (κ2) is 3.95. The third-order valence-corrected chi connectivity index (χ3v) is 3.80. The van der Waals surface area contributed by atoms with Crippen LogP contribution in [0.5, 0.6) is 0 Å². The molecule has 0 aliphatic heterocycles. The van der Waals surface area contributed by atoms with Gasteiger partial charge >= 0.3 is 0 Å². The molecule has 1 heterocycles. The molecule has 19 heavy (non-hydrogen) atoms. The van der Waals surface area contributed by atoms with Crippen LogP contribution in [0.4, 0.5) is 5.69 Å². The summed E-state index contributed by atoms with van der Waals surface area (Å²) >= 11 is 0. The van der Waals surface area contributed by atoms with Crippen LogP contribution in [0.3, 0.4) is 0 Å². The Labute approximate surface area is 112 Å². The molecule has 0 bridgehead atoms. The van der Waals surface area contributed by atoms with E-state index in [0.29, 0.717) is 11.4 Å². The van der Waals surface area contributed by atoms with Gasteiger partial charge in [0.2, 0.25) is 0 Å². The predicted octanol–water partition coefficient (Wildman–Crippen LogP) is 2.35. The zero-order valence-electron chi connectivity index (χ0n) is 11.1. The van der Waals surface area contributed by atoms with Gasteiger partial charge in [0, 0.05) is 17.1 Å². The smallest absolute Gasteiger partial charge is 0.270 e. The van der Waals surface area contributed by atoms with Crippen molar-refractivity contribution in [3.05, 3.63) is 36.0 Å². The summed E-state index contributed by atoms with van der Waals surface area (Å²) in [5.41, 5.74) is 7.91. The molecule has 1 fully saturated rings. The van der Waals surface area contributed by atoms with E-state index in [1.165, 1.54) is 0 Å². The van der Waals surface area contributed by atoms with E-state index in [2.05, 4.69) is 24.1 Å². The van der Waals surface area contributed by atoms with Gasteiger partial charge in [0.15, 0.2) is 0 Å². The molecule has 1 amide bonds. The normalized spacial score (nSPS) is 20.2. The number of amides is 1. The molecule has 1 saturated carbocycles. The molecule has 1 unspecified atom stereocenters. The zero-order chi connectivity index (χ0) is 13.6. The number of hydrogen-bond acceptors (Lipinski definition) is 3. The molecule has 3 N–H and O–H groups in total. The highest BCUT2D eigenvalue weighted by Crippen LogP contribution is 2.44. The average Bonchev–Trinajstić information content (AvgIpc) is 2.96. The minimum Gasteiger partial charge on any atom is -0.398 e. The number of fused-ring (bicyclic) bond motifs is 1. The minimum atomic E-state index is -0.145. The summed E-state index contributed by atoms with van der Waals surface area (Å²) < 4.78 is 0. The van der Waals surface area contributed by atoms with Gasteiger partial charge in [0.05, 0.1) is 5.52 Å². The monoisotopic (exact) mass is 255 g/mol. The van der Waals surface area contributed by atoms with E-state index in [-0.39, 0.29) is 17.4 Å². The molecule has 1 aliphatic rings. The molecule has 98 valence electrons. The quantitative estimate of drug-likeness (QED) is 0.865. The van der Waals surface area contributed by atoms with Crippen LogP contribution in [0, 0.1) is 5.41 Å². The van der Waals surface area contributed by atoms with E-state index >= 15 is 0 Å². The number of nitrogens with one attached hydrogen (secondary N) is 1. The molecule has 4 heteroatoms. The molecular formula is C15H17N3O. The van der Waals surface area contributed by atoms with Crippen LogP contribution < -0.4 is 11.1 Å². The van der Waals surface area contributed by atoms with Crippen molar-refractivity contribution in [2.45, 2.75) is 26.3 Å². The van der Waals surface area contributed by atoms with E-state index in [0.717, 1.165) is 17.3 Å². The number of nitrogen functional groups attached to an aromatic ring is 1. The van der Waals surface area contributed by atoms with Gasteiger partial charge in [-0.25, -0.2) is 4.98 Å². The number of pyridine rings is 1. The number of hydrogen-bond donors (Lipinski definition) is 2. The van der Waals surface area contributed by atoms with Crippen molar-refractivity contribution in [3.8, 4) is 0 Å². The molecule has 1 aromatic heterocycles. The Hall–Kier alpha value is -2.10. The van der Waals surface area contributed by atoms with Gasteiger partial charge in [-0.3, -0.25) is 4.79 Å². The predicted molar refractivity (Wildman–Crippen MR) is 75.8 cm³/mol.